The van der Waals surface area contributed by atoms with Gasteiger partial charge in [-0.3, -0.25) is 4.79 Å². The summed E-state index contributed by atoms with van der Waals surface area (Å²) in [5, 5.41) is 12.1. The largest absolute Gasteiger partial charge is 0.508 e. The highest BCUT2D eigenvalue weighted by Gasteiger charge is 2.08. The smallest absolute Gasteiger partial charge is 0.250 e. The summed E-state index contributed by atoms with van der Waals surface area (Å²) in [6.45, 7) is 8.89. The average molecular weight is 205 g/mol. The third kappa shape index (κ3) is 2.59. The van der Waals surface area contributed by atoms with Gasteiger partial charge in [-0.25, -0.2) is 0 Å². The number of rotatable bonds is 2. The summed E-state index contributed by atoms with van der Waals surface area (Å²) in [6, 6.07) is 3.22. The van der Waals surface area contributed by atoms with Gasteiger partial charge in [0.15, 0.2) is 0 Å². The predicted molar refractivity (Wildman–Crippen MR) is 61.0 cm³/mol. The van der Waals surface area contributed by atoms with Crippen molar-refractivity contribution >= 4 is 11.6 Å². The fraction of sp³-hybridized carbons (Fsp3) is 0.250. The van der Waals surface area contributed by atoms with E-state index < -0.39 is 0 Å². The molecule has 0 fully saturated rings. The molecule has 0 saturated carbocycles. The van der Waals surface area contributed by atoms with Crippen LogP contribution in [0.4, 0.5) is 5.69 Å². The molecule has 3 heteroatoms. The Bertz CT molecular complexity index is 399. The second-order valence-electron chi connectivity index (χ2n) is 3.69. The fourth-order valence-electron chi connectivity index (χ4n) is 1.36. The van der Waals surface area contributed by atoms with Crippen LogP contribution < -0.4 is 5.32 Å². The lowest BCUT2D eigenvalue weighted by Gasteiger charge is -2.11. The number of carbonyl (C=O) groups excluding carboxylic acids is 1. The molecule has 1 amide bonds. The number of nitrogens with one attached hydrogen (secondary N) is 1. The first kappa shape index (κ1) is 11.3. The molecule has 0 aliphatic heterocycles. The molecule has 0 saturated heterocycles. The van der Waals surface area contributed by atoms with Gasteiger partial charge in [-0.2, -0.15) is 0 Å². The number of amides is 1. The first-order chi connectivity index (χ1) is 6.91. The highest BCUT2D eigenvalue weighted by Crippen LogP contribution is 2.25. The van der Waals surface area contributed by atoms with E-state index in [4.69, 9.17) is 0 Å². The monoisotopic (exact) mass is 205 g/mol. The molecule has 0 aliphatic carbocycles. The van der Waals surface area contributed by atoms with E-state index in [-0.39, 0.29) is 11.7 Å². The summed E-state index contributed by atoms with van der Waals surface area (Å²) >= 11 is 0. The zero-order valence-electron chi connectivity index (χ0n) is 9.22. The summed E-state index contributed by atoms with van der Waals surface area (Å²) in [7, 11) is 0. The number of carbonyl (C=O) groups is 1. The van der Waals surface area contributed by atoms with Gasteiger partial charge in [-0.05, 0) is 44.0 Å². The van der Waals surface area contributed by atoms with E-state index in [0.29, 0.717) is 5.57 Å². The Morgan fingerprint density at radius 2 is 1.80 bits per heavy atom. The SMILES string of the molecule is C=C(C)C(=O)Nc1c(C)cc(O)cc1C. The quantitative estimate of drug-likeness (QED) is 0.575. The van der Waals surface area contributed by atoms with Crippen LogP contribution in [-0.2, 0) is 4.79 Å². The molecule has 1 aromatic carbocycles. The zero-order chi connectivity index (χ0) is 11.6. The molecule has 15 heavy (non-hydrogen) atoms. The minimum Gasteiger partial charge on any atom is -0.508 e. The predicted octanol–water partition coefficient (Wildman–Crippen LogP) is 2.52. The van der Waals surface area contributed by atoms with Gasteiger partial charge in [0.05, 0.1) is 0 Å². The van der Waals surface area contributed by atoms with Crippen LogP contribution in [0, 0.1) is 13.8 Å². The standard InChI is InChI=1S/C12H15NO2/c1-7(2)12(15)13-11-8(3)5-10(14)6-9(11)4/h5-6,14H,1H2,2-4H3,(H,13,15). The van der Waals surface area contributed by atoms with E-state index in [9.17, 15) is 9.90 Å². The van der Waals surface area contributed by atoms with Gasteiger partial charge in [0.2, 0.25) is 0 Å². The van der Waals surface area contributed by atoms with Gasteiger partial charge in [0, 0.05) is 11.3 Å². The minimum absolute atomic E-state index is 0.202. The van der Waals surface area contributed by atoms with Crippen LogP contribution in [0.15, 0.2) is 24.3 Å². The Hall–Kier alpha value is -1.77. The molecule has 0 spiro atoms. The first-order valence-electron chi connectivity index (χ1n) is 4.69. The first-order valence-corrected chi connectivity index (χ1v) is 4.69. The van der Waals surface area contributed by atoms with Crippen LogP contribution in [-0.4, -0.2) is 11.0 Å². The van der Waals surface area contributed by atoms with E-state index in [2.05, 4.69) is 11.9 Å². The molecule has 1 rings (SSSR count). The van der Waals surface area contributed by atoms with Crippen LogP contribution >= 0.6 is 0 Å². The van der Waals surface area contributed by atoms with Crippen molar-refractivity contribution in [2.45, 2.75) is 20.8 Å². The molecule has 2 N–H and O–H groups in total. The summed E-state index contributed by atoms with van der Waals surface area (Å²) in [5.41, 5.74) is 2.87. The number of aromatic hydroxyl groups is 1. The van der Waals surface area contributed by atoms with Crippen molar-refractivity contribution in [2.24, 2.45) is 0 Å². The van der Waals surface area contributed by atoms with Gasteiger partial charge < -0.3 is 10.4 Å². The lowest BCUT2D eigenvalue weighted by molar-refractivity contribution is -0.112. The van der Waals surface area contributed by atoms with Crippen LogP contribution in [0.25, 0.3) is 0 Å². The lowest BCUT2D eigenvalue weighted by atomic mass is 10.1. The highest BCUT2D eigenvalue weighted by atomic mass is 16.3. The molecule has 0 aromatic heterocycles. The summed E-state index contributed by atoms with van der Waals surface area (Å²) in [6.07, 6.45) is 0. The number of phenolic OH excluding ortho intramolecular Hbond substituents is 1. The molecule has 0 bridgehead atoms. The van der Waals surface area contributed by atoms with Crippen molar-refractivity contribution in [1.29, 1.82) is 0 Å². The Balaban J connectivity index is 3.05. The molecule has 3 nitrogen and oxygen atoms in total. The number of hydrogen-bond donors (Lipinski definition) is 2. The molecule has 0 aliphatic rings. The van der Waals surface area contributed by atoms with E-state index in [0.717, 1.165) is 16.8 Å². The lowest BCUT2D eigenvalue weighted by Crippen LogP contribution is -2.13. The second kappa shape index (κ2) is 4.17. The zero-order valence-corrected chi connectivity index (χ0v) is 9.22. The number of phenols is 1. The summed E-state index contributed by atoms with van der Waals surface area (Å²) in [4.78, 5) is 11.4. The van der Waals surface area contributed by atoms with Gasteiger partial charge >= 0.3 is 0 Å². The van der Waals surface area contributed by atoms with E-state index in [1.54, 1.807) is 19.1 Å². The maximum Gasteiger partial charge on any atom is 0.250 e. The number of anilines is 1. The molecule has 0 atom stereocenters. The van der Waals surface area contributed by atoms with E-state index in [1.807, 2.05) is 13.8 Å². The third-order valence-corrected chi connectivity index (χ3v) is 2.14. The Kier molecular flexibility index (Phi) is 3.14. The van der Waals surface area contributed by atoms with Crippen LogP contribution in [0.3, 0.4) is 0 Å². The van der Waals surface area contributed by atoms with Crippen molar-refractivity contribution in [3.63, 3.8) is 0 Å². The molecule has 1 aromatic rings. The molecule has 0 radical (unpaired) electrons. The van der Waals surface area contributed by atoms with E-state index >= 15 is 0 Å². The van der Waals surface area contributed by atoms with Gasteiger partial charge in [0.1, 0.15) is 5.75 Å². The number of hydrogen-bond acceptors (Lipinski definition) is 2. The van der Waals surface area contributed by atoms with Crippen LogP contribution in [0.1, 0.15) is 18.1 Å². The number of aryl methyl sites for hydroxylation is 2. The van der Waals surface area contributed by atoms with Crippen LogP contribution in [0.2, 0.25) is 0 Å². The molecular weight excluding hydrogens is 190 g/mol. The van der Waals surface area contributed by atoms with Crippen molar-refractivity contribution < 1.29 is 9.90 Å². The normalized spacial score (nSPS) is 9.80. The van der Waals surface area contributed by atoms with E-state index in [1.165, 1.54) is 0 Å². The Morgan fingerprint density at radius 1 is 1.33 bits per heavy atom. The van der Waals surface area contributed by atoms with Crippen molar-refractivity contribution in [3.05, 3.63) is 35.4 Å². The topological polar surface area (TPSA) is 49.3 Å². The molecular formula is C12H15NO2. The highest BCUT2D eigenvalue weighted by molar-refractivity contribution is 6.03. The van der Waals surface area contributed by atoms with Crippen molar-refractivity contribution in [2.75, 3.05) is 5.32 Å². The summed E-state index contributed by atoms with van der Waals surface area (Å²) < 4.78 is 0. The maximum absolute atomic E-state index is 11.4. The van der Waals surface area contributed by atoms with Crippen LogP contribution in [0.5, 0.6) is 5.75 Å². The summed E-state index contributed by atoms with van der Waals surface area (Å²) in [5.74, 6) is 0.00483. The fourth-order valence-corrected chi connectivity index (χ4v) is 1.36. The van der Waals surface area contributed by atoms with Gasteiger partial charge in [-0.15, -0.1) is 0 Å². The average Bonchev–Trinajstić information content (AvgIpc) is 2.10. The second-order valence-corrected chi connectivity index (χ2v) is 3.69. The third-order valence-electron chi connectivity index (χ3n) is 2.14. The molecule has 0 heterocycles. The number of benzene rings is 1. The van der Waals surface area contributed by atoms with Crippen molar-refractivity contribution in [3.8, 4) is 5.75 Å². The molecule has 80 valence electrons. The molecule has 0 unspecified atom stereocenters. The van der Waals surface area contributed by atoms with Gasteiger partial charge in [0.25, 0.3) is 5.91 Å². The van der Waals surface area contributed by atoms with Crippen molar-refractivity contribution in [1.82, 2.24) is 0 Å². The van der Waals surface area contributed by atoms with Gasteiger partial charge in [-0.1, -0.05) is 6.58 Å². The Morgan fingerprint density at radius 3 is 2.20 bits per heavy atom. The minimum atomic E-state index is -0.202. The maximum atomic E-state index is 11.4. The Labute approximate surface area is 89.4 Å².